The molecule has 0 radical (unpaired) electrons. The van der Waals surface area contributed by atoms with Crippen molar-refractivity contribution in [3.05, 3.63) is 0 Å². The fourth-order valence-corrected chi connectivity index (χ4v) is 1.47. The maximum Gasteiger partial charge on any atom is 0.307 e. The van der Waals surface area contributed by atoms with Gasteiger partial charge in [-0.05, 0) is 6.92 Å². The van der Waals surface area contributed by atoms with Gasteiger partial charge in [-0.15, -0.1) is 0 Å². The van der Waals surface area contributed by atoms with Crippen molar-refractivity contribution in [2.75, 3.05) is 32.8 Å². The minimum Gasteiger partial charge on any atom is -0.466 e. The van der Waals surface area contributed by atoms with Crippen LogP contribution in [0, 0.1) is 11.3 Å². The average Bonchev–Trinajstić information content (AvgIpc) is 2.27. The molecule has 1 rings (SSSR count). The molecule has 0 amide bonds. The molecular formula is C10H16N2O3. The van der Waals surface area contributed by atoms with Gasteiger partial charge in [-0.3, -0.25) is 9.69 Å². The van der Waals surface area contributed by atoms with Gasteiger partial charge in [0.1, 0.15) is 0 Å². The van der Waals surface area contributed by atoms with Crippen LogP contribution in [0.15, 0.2) is 0 Å². The number of rotatable bonds is 4. The van der Waals surface area contributed by atoms with E-state index >= 15 is 0 Å². The molecule has 1 atom stereocenters. The Labute approximate surface area is 89.6 Å². The summed E-state index contributed by atoms with van der Waals surface area (Å²) in [5, 5.41) is 8.68. The average molecular weight is 212 g/mol. The largest absolute Gasteiger partial charge is 0.466 e. The molecule has 0 aromatic carbocycles. The number of nitrogens with zero attached hydrogens (tertiary/aromatic N) is 2. The first-order valence-electron chi connectivity index (χ1n) is 5.15. The number of carbonyl (C=O) groups excluding carboxylic acids is 1. The highest BCUT2D eigenvalue weighted by molar-refractivity contribution is 5.69. The van der Waals surface area contributed by atoms with Crippen molar-refractivity contribution >= 4 is 5.97 Å². The van der Waals surface area contributed by atoms with Gasteiger partial charge >= 0.3 is 5.97 Å². The molecule has 1 heterocycles. The minimum atomic E-state index is -0.360. The van der Waals surface area contributed by atoms with Gasteiger partial charge in [0.05, 0.1) is 25.7 Å². The van der Waals surface area contributed by atoms with Crippen LogP contribution in [0.2, 0.25) is 0 Å². The highest BCUT2D eigenvalue weighted by Gasteiger charge is 2.20. The van der Waals surface area contributed by atoms with Crippen molar-refractivity contribution in [3.63, 3.8) is 0 Å². The first-order chi connectivity index (χ1) is 7.26. The summed E-state index contributed by atoms with van der Waals surface area (Å²) in [7, 11) is 0. The Hall–Kier alpha value is -1.12. The van der Waals surface area contributed by atoms with Gasteiger partial charge in [-0.1, -0.05) is 0 Å². The molecule has 0 spiro atoms. The molecule has 1 unspecified atom stereocenters. The van der Waals surface area contributed by atoms with Crippen LogP contribution in [0.4, 0.5) is 0 Å². The molecule has 1 aliphatic heterocycles. The summed E-state index contributed by atoms with van der Waals surface area (Å²) in [6.45, 7) is 4.76. The Morgan fingerprint density at radius 3 is 3.20 bits per heavy atom. The van der Waals surface area contributed by atoms with E-state index in [1.165, 1.54) is 0 Å². The number of morpholine rings is 1. The summed E-state index contributed by atoms with van der Waals surface area (Å²) in [6, 6.07) is 2.07. The minimum absolute atomic E-state index is 0.183. The van der Waals surface area contributed by atoms with Crippen LogP contribution in [0.1, 0.15) is 13.3 Å². The number of hydrogen-bond donors (Lipinski definition) is 0. The van der Waals surface area contributed by atoms with E-state index in [0.29, 0.717) is 32.7 Å². The van der Waals surface area contributed by atoms with Crippen molar-refractivity contribution in [1.82, 2.24) is 4.90 Å². The second-order valence-corrected chi connectivity index (χ2v) is 3.34. The smallest absolute Gasteiger partial charge is 0.307 e. The fraction of sp³-hybridized carbons (Fsp3) is 0.800. The summed E-state index contributed by atoms with van der Waals surface area (Å²) < 4.78 is 10.0. The molecule has 1 fully saturated rings. The molecule has 84 valence electrons. The van der Waals surface area contributed by atoms with E-state index < -0.39 is 0 Å². The molecule has 1 aliphatic rings. The molecule has 0 N–H and O–H groups in total. The van der Waals surface area contributed by atoms with Gasteiger partial charge < -0.3 is 9.47 Å². The third-order valence-corrected chi connectivity index (χ3v) is 2.23. The number of carbonyl (C=O) groups is 1. The van der Waals surface area contributed by atoms with E-state index in [2.05, 4.69) is 6.07 Å². The van der Waals surface area contributed by atoms with Gasteiger partial charge in [-0.25, -0.2) is 0 Å². The Bertz CT molecular complexity index is 250. The van der Waals surface area contributed by atoms with Crippen LogP contribution in [-0.4, -0.2) is 49.8 Å². The van der Waals surface area contributed by atoms with Crippen molar-refractivity contribution in [1.29, 1.82) is 5.26 Å². The van der Waals surface area contributed by atoms with E-state index in [9.17, 15) is 4.79 Å². The maximum absolute atomic E-state index is 11.1. The first-order valence-corrected chi connectivity index (χ1v) is 5.15. The maximum atomic E-state index is 11.1. The topological polar surface area (TPSA) is 62.6 Å². The SMILES string of the molecule is CCOC(=O)CCN1CCOC(C#N)C1. The zero-order valence-electron chi connectivity index (χ0n) is 8.94. The predicted molar refractivity (Wildman–Crippen MR) is 53.0 cm³/mol. The quantitative estimate of drug-likeness (QED) is 0.621. The fourth-order valence-electron chi connectivity index (χ4n) is 1.47. The monoisotopic (exact) mass is 212 g/mol. The lowest BCUT2D eigenvalue weighted by Crippen LogP contribution is -2.42. The zero-order chi connectivity index (χ0) is 11.1. The lowest BCUT2D eigenvalue weighted by atomic mass is 10.2. The lowest BCUT2D eigenvalue weighted by molar-refractivity contribution is -0.143. The molecule has 0 aromatic rings. The third kappa shape index (κ3) is 4.28. The van der Waals surface area contributed by atoms with Crippen LogP contribution in [-0.2, 0) is 14.3 Å². The number of ether oxygens (including phenoxy) is 2. The first kappa shape index (κ1) is 12.0. The van der Waals surface area contributed by atoms with E-state index in [1.54, 1.807) is 6.92 Å². The van der Waals surface area contributed by atoms with Crippen molar-refractivity contribution in [2.24, 2.45) is 0 Å². The molecule has 0 saturated carbocycles. The van der Waals surface area contributed by atoms with Gasteiger partial charge in [0.25, 0.3) is 0 Å². The summed E-state index contributed by atoms with van der Waals surface area (Å²) in [5.74, 6) is -0.183. The standard InChI is InChI=1S/C10H16N2O3/c1-2-14-10(13)3-4-12-5-6-15-9(7-11)8-12/h9H,2-6,8H2,1H3. The van der Waals surface area contributed by atoms with Crippen molar-refractivity contribution in [2.45, 2.75) is 19.4 Å². The Kier molecular flexibility index (Phi) is 5.08. The van der Waals surface area contributed by atoms with Crippen LogP contribution < -0.4 is 0 Å². The molecular weight excluding hydrogens is 196 g/mol. The molecule has 0 aliphatic carbocycles. The van der Waals surface area contributed by atoms with Crippen LogP contribution >= 0.6 is 0 Å². The summed E-state index contributed by atoms with van der Waals surface area (Å²) in [6.07, 6.45) is 0.0207. The van der Waals surface area contributed by atoms with Gasteiger partial charge in [-0.2, -0.15) is 5.26 Å². The van der Waals surface area contributed by atoms with Crippen LogP contribution in [0.3, 0.4) is 0 Å². The highest BCUT2D eigenvalue weighted by atomic mass is 16.5. The second kappa shape index (κ2) is 6.38. The molecule has 1 saturated heterocycles. The Morgan fingerprint density at radius 2 is 2.53 bits per heavy atom. The van der Waals surface area contributed by atoms with Crippen LogP contribution in [0.5, 0.6) is 0 Å². The molecule has 5 nitrogen and oxygen atoms in total. The van der Waals surface area contributed by atoms with E-state index in [-0.39, 0.29) is 12.1 Å². The molecule has 0 aromatic heterocycles. The normalized spacial score (nSPS) is 22.0. The predicted octanol–water partition coefficient (Wildman–Crippen LogP) is 0.164. The second-order valence-electron chi connectivity index (χ2n) is 3.34. The summed E-state index contributed by atoms with van der Waals surface area (Å²) >= 11 is 0. The number of nitriles is 1. The van der Waals surface area contributed by atoms with Crippen molar-refractivity contribution < 1.29 is 14.3 Å². The number of hydrogen-bond acceptors (Lipinski definition) is 5. The van der Waals surface area contributed by atoms with E-state index in [1.807, 2.05) is 4.90 Å². The third-order valence-electron chi connectivity index (χ3n) is 2.23. The molecule has 15 heavy (non-hydrogen) atoms. The summed E-state index contributed by atoms with van der Waals surface area (Å²) in [5.41, 5.74) is 0. The van der Waals surface area contributed by atoms with Gasteiger partial charge in [0, 0.05) is 19.6 Å². The summed E-state index contributed by atoms with van der Waals surface area (Å²) in [4.78, 5) is 13.1. The number of esters is 1. The van der Waals surface area contributed by atoms with Gasteiger partial charge in [0.15, 0.2) is 6.10 Å². The Morgan fingerprint density at radius 1 is 1.73 bits per heavy atom. The Balaban J connectivity index is 2.21. The molecule has 5 heteroatoms. The van der Waals surface area contributed by atoms with Gasteiger partial charge in [0.2, 0.25) is 0 Å². The van der Waals surface area contributed by atoms with Crippen LogP contribution in [0.25, 0.3) is 0 Å². The highest BCUT2D eigenvalue weighted by Crippen LogP contribution is 2.05. The van der Waals surface area contributed by atoms with Crippen molar-refractivity contribution in [3.8, 4) is 6.07 Å². The molecule has 0 bridgehead atoms. The van der Waals surface area contributed by atoms with E-state index in [4.69, 9.17) is 14.7 Å². The lowest BCUT2D eigenvalue weighted by Gasteiger charge is -2.29. The zero-order valence-corrected chi connectivity index (χ0v) is 8.94. The van der Waals surface area contributed by atoms with E-state index in [0.717, 1.165) is 6.54 Å².